The van der Waals surface area contributed by atoms with Gasteiger partial charge in [-0.25, -0.2) is 0 Å². The van der Waals surface area contributed by atoms with E-state index < -0.39 is 0 Å². The molecule has 0 saturated carbocycles. The largest absolute Gasteiger partial charge is 0.309 e. The van der Waals surface area contributed by atoms with Crippen LogP contribution in [0.15, 0.2) is 293 Å². The molecule has 0 saturated heterocycles. The third kappa shape index (κ3) is 8.23. The molecule has 2 aliphatic rings. The van der Waals surface area contributed by atoms with Gasteiger partial charge in [-0.05, 0) is 175 Å². The van der Waals surface area contributed by atoms with Crippen molar-refractivity contribution in [2.75, 3.05) is 4.90 Å². The van der Waals surface area contributed by atoms with Crippen LogP contribution in [-0.4, -0.2) is 4.57 Å². The van der Waals surface area contributed by atoms with Gasteiger partial charge in [-0.2, -0.15) is 0 Å². The normalized spacial score (nSPS) is 14.7. The van der Waals surface area contributed by atoms with E-state index in [0.717, 1.165) is 17.8 Å². The van der Waals surface area contributed by atoms with Crippen molar-refractivity contribution in [2.24, 2.45) is 0 Å². The van der Waals surface area contributed by atoms with Crippen molar-refractivity contribution in [1.82, 2.24) is 4.57 Å². The van der Waals surface area contributed by atoms with Crippen LogP contribution in [0, 0.1) is 0 Å². The minimum atomic E-state index is 0.402. The molecule has 370 valence electrons. The Morgan fingerprint density at radius 3 is 1.32 bits per heavy atom. The summed E-state index contributed by atoms with van der Waals surface area (Å²) in [6, 6.07) is 101. The molecule has 0 fully saturated rings. The monoisotopic (exact) mass is 1030 g/mol. The number of rotatable bonds is 8. The fourth-order valence-electron chi connectivity index (χ4n) is 12.3. The van der Waals surface area contributed by atoms with Gasteiger partial charge in [-0.1, -0.05) is 219 Å². The first-order chi connectivity index (χ1) is 38.5. The van der Waals surface area contributed by atoms with Gasteiger partial charge in [0.25, 0.3) is 0 Å². The lowest BCUT2D eigenvalue weighted by Gasteiger charge is -2.32. The first kappa shape index (κ1) is 46.5. The minimum Gasteiger partial charge on any atom is -0.309 e. The lowest BCUT2D eigenvalue weighted by atomic mass is 9.79. The van der Waals surface area contributed by atoms with Gasteiger partial charge >= 0.3 is 0 Å². The Hall–Kier alpha value is -8.80. The van der Waals surface area contributed by atoms with E-state index in [1.165, 1.54) is 125 Å². The van der Waals surface area contributed by atoms with E-state index in [9.17, 15) is 0 Å². The van der Waals surface area contributed by atoms with E-state index in [1.54, 1.807) is 0 Å². The van der Waals surface area contributed by atoms with Crippen LogP contribution in [-0.2, 0) is 6.42 Å². The van der Waals surface area contributed by atoms with Crippen molar-refractivity contribution in [3.05, 3.63) is 290 Å². The minimum absolute atomic E-state index is 0.402. The van der Waals surface area contributed by atoms with Crippen molar-refractivity contribution < 1.29 is 0 Å². The van der Waals surface area contributed by atoms with Crippen molar-refractivity contribution in [2.45, 2.75) is 44.8 Å². The smallest absolute Gasteiger partial charge is 0.0601 e. The quantitative estimate of drug-likeness (QED) is 0.150. The lowest BCUT2D eigenvalue weighted by Crippen LogP contribution is -2.14. The van der Waals surface area contributed by atoms with Crippen LogP contribution in [0.2, 0.25) is 0 Å². The highest BCUT2D eigenvalue weighted by Gasteiger charge is 2.29. The van der Waals surface area contributed by atoms with Crippen molar-refractivity contribution in [3.63, 3.8) is 0 Å². The third-order valence-corrected chi connectivity index (χ3v) is 18.7. The van der Waals surface area contributed by atoms with Crippen LogP contribution in [0.1, 0.15) is 35.4 Å². The van der Waals surface area contributed by atoms with Gasteiger partial charge in [-0.15, -0.1) is 0 Å². The zero-order chi connectivity index (χ0) is 51.7. The van der Waals surface area contributed by atoms with Gasteiger partial charge in [0.2, 0.25) is 0 Å². The Kier molecular flexibility index (Phi) is 11.5. The average Bonchev–Trinajstić information content (AvgIpc) is 4.04. The van der Waals surface area contributed by atoms with Crippen molar-refractivity contribution in [3.8, 4) is 50.2 Å². The zero-order valence-corrected chi connectivity index (χ0v) is 44.7. The Morgan fingerprint density at radius 2 is 0.744 bits per heavy atom. The van der Waals surface area contributed by atoms with Gasteiger partial charge in [0, 0.05) is 41.7 Å². The van der Waals surface area contributed by atoms with Gasteiger partial charge < -0.3 is 9.47 Å². The predicted octanol–water partition coefficient (Wildman–Crippen LogP) is 21.1. The summed E-state index contributed by atoms with van der Waals surface area (Å²) < 4.78 is 2.44. The second kappa shape index (κ2) is 19.3. The lowest BCUT2D eigenvalue weighted by molar-refractivity contribution is 0.561. The van der Waals surface area contributed by atoms with E-state index >= 15 is 0 Å². The summed E-state index contributed by atoms with van der Waals surface area (Å²) in [6.45, 7) is 2.41. The molecule has 0 aliphatic carbocycles. The van der Waals surface area contributed by atoms with E-state index in [2.05, 4.69) is 289 Å². The zero-order valence-electron chi connectivity index (χ0n) is 43.1. The molecule has 0 N–H and O–H groups in total. The second-order valence-corrected chi connectivity index (χ2v) is 23.0. The van der Waals surface area contributed by atoms with E-state index in [1.807, 2.05) is 23.5 Å². The molecule has 15 rings (SSSR count). The van der Waals surface area contributed by atoms with Gasteiger partial charge in [-0.3, -0.25) is 0 Å². The predicted molar refractivity (Wildman–Crippen MR) is 331 cm³/mol. The molecule has 13 aromatic rings. The van der Waals surface area contributed by atoms with Crippen LogP contribution >= 0.6 is 23.5 Å². The third-order valence-electron chi connectivity index (χ3n) is 16.4. The summed E-state index contributed by atoms with van der Waals surface area (Å²) in [5, 5.41) is 4.94. The van der Waals surface area contributed by atoms with E-state index in [-0.39, 0.29) is 0 Å². The number of fused-ring (bicyclic) bond motifs is 8. The molecule has 0 radical (unpaired) electrons. The number of anilines is 3. The number of nitrogens with zero attached hydrogens (tertiary/aromatic N) is 2. The Morgan fingerprint density at radius 1 is 0.333 bits per heavy atom. The molecule has 2 unspecified atom stereocenters. The fourth-order valence-corrected chi connectivity index (χ4v) is 14.6. The molecule has 0 spiro atoms. The second-order valence-electron chi connectivity index (χ2n) is 20.9. The number of aromatic nitrogens is 1. The van der Waals surface area contributed by atoms with Crippen LogP contribution in [0.5, 0.6) is 0 Å². The molecule has 2 nitrogen and oxygen atoms in total. The van der Waals surface area contributed by atoms with E-state index in [0.29, 0.717) is 11.8 Å². The van der Waals surface area contributed by atoms with Crippen molar-refractivity contribution in [1.29, 1.82) is 0 Å². The molecular formula is C74H52N2S2. The first-order valence-electron chi connectivity index (χ1n) is 27.0. The van der Waals surface area contributed by atoms with Gasteiger partial charge in [0.1, 0.15) is 0 Å². The van der Waals surface area contributed by atoms with Gasteiger partial charge in [0.05, 0.1) is 22.4 Å². The maximum Gasteiger partial charge on any atom is 0.0601 e. The Bertz CT molecular complexity index is 4370. The number of para-hydroxylation sites is 2. The summed E-state index contributed by atoms with van der Waals surface area (Å²) in [5.41, 5.74) is 21.0. The Labute approximate surface area is 464 Å². The SMILES string of the molecule is CC1c2ccccc2Sc2ccccc2C1Cc1ccc(-c2ccc(-c3ccc4c(c3)c3cc(-c5ccc(-c6ccc(N7c8ccccc8Sc8ccccc87)cc6)cc5)ccc3n4-c3ccc4ccccc4c3)cc2)cc1. The summed E-state index contributed by atoms with van der Waals surface area (Å²) in [4.78, 5) is 7.68. The molecular weight excluding hydrogens is 981 g/mol. The number of hydrogen-bond acceptors (Lipinski definition) is 3. The molecule has 12 aromatic carbocycles. The molecule has 0 amide bonds. The molecule has 78 heavy (non-hydrogen) atoms. The Balaban J connectivity index is 0.731. The van der Waals surface area contributed by atoms with Crippen LogP contribution in [0.3, 0.4) is 0 Å². The number of benzene rings is 12. The molecule has 2 aliphatic heterocycles. The number of hydrogen-bond donors (Lipinski definition) is 0. The van der Waals surface area contributed by atoms with E-state index in [4.69, 9.17) is 0 Å². The summed E-state index contributed by atoms with van der Waals surface area (Å²) in [5.74, 6) is 0.817. The highest BCUT2D eigenvalue weighted by Crippen LogP contribution is 2.52. The average molecular weight is 1030 g/mol. The highest BCUT2D eigenvalue weighted by atomic mass is 32.2. The van der Waals surface area contributed by atoms with Crippen LogP contribution in [0.25, 0.3) is 82.8 Å². The molecule has 0 bridgehead atoms. The summed E-state index contributed by atoms with van der Waals surface area (Å²) >= 11 is 3.76. The summed E-state index contributed by atoms with van der Waals surface area (Å²) in [7, 11) is 0. The molecule has 4 heteroatoms. The van der Waals surface area contributed by atoms with Crippen molar-refractivity contribution >= 4 is 73.2 Å². The fraction of sp³-hybridized carbons (Fsp3) is 0.0541. The van der Waals surface area contributed by atoms with Crippen LogP contribution < -0.4 is 4.90 Å². The van der Waals surface area contributed by atoms with Crippen LogP contribution in [0.4, 0.5) is 17.1 Å². The highest BCUT2D eigenvalue weighted by molar-refractivity contribution is 8.00. The maximum absolute atomic E-state index is 2.44. The molecule has 1 aromatic heterocycles. The van der Waals surface area contributed by atoms with Gasteiger partial charge in [0.15, 0.2) is 0 Å². The first-order valence-corrected chi connectivity index (χ1v) is 28.7. The standard InChI is InChI=1S/C74H52N2S2/c1-48-62-14-4-8-18-71(62)77-72-19-9-5-15-63(72)64(48)44-49-22-24-51(25-23-49)52-26-30-55(31-27-52)58-37-42-67-65(46-58)66-47-59(38-43-68(66)76(67)61-41-36-50-12-2-3-13-57(50)45-61)56-32-28-53(29-33-56)54-34-39-60(40-35-54)75-69-16-6-10-20-73(69)78-74-21-11-7-17-70(74)75/h2-43,45-48,64H,44H2,1H3. The topological polar surface area (TPSA) is 8.17 Å². The summed E-state index contributed by atoms with van der Waals surface area (Å²) in [6.07, 6.45) is 1.00. The maximum atomic E-state index is 2.44. The molecule has 3 heterocycles. The molecule has 2 atom stereocenters.